The molecule has 2 heterocycles. The van der Waals surface area contributed by atoms with Gasteiger partial charge in [0.25, 0.3) is 0 Å². The molecule has 0 aromatic rings. The topological polar surface area (TPSA) is 53.6 Å². The molecule has 0 aromatic carbocycles. The minimum absolute atomic E-state index is 0.145. The lowest BCUT2D eigenvalue weighted by Gasteiger charge is -2.24. The molecule has 0 unspecified atom stereocenters. The number of hydrogen-bond acceptors (Lipinski definition) is 4. The summed E-state index contributed by atoms with van der Waals surface area (Å²) in [5.74, 6) is 0.739. The Kier molecular flexibility index (Phi) is 5.60. The molecule has 2 fully saturated rings. The quantitative estimate of drug-likeness (QED) is 0.749. The predicted octanol–water partition coefficient (Wildman–Crippen LogP) is 0.211. The number of likely N-dealkylation sites (tertiary alicyclic amines) is 1. The lowest BCUT2D eigenvalue weighted by Crippen LogP contribution is -2.44. The summed E-state index contributed by atoms with van der Waals surface area (Å²) in [4.78, 5) is 14.3. The molecule has 2 rings (SSSR count). The summed E-state index contributed by atoms with van der Waals surface area (Å²) < 4.78 is 5.71. The van der Waals surface area contributed by atoms with Gasteiger partial charge in [0.05, 0.1) is 12.1 Å². The molecule has 0 aliphatic carbocycles. The summed E-state index contributed by atoms with van der Waals surface area (Å²) in [6.45, 7) is 6.61. The van der Waals surface area contributed by atoms with Gasteiger partial charge >= 0.3 is 0 Å². The molecule has 0 radical (unpaired) electrons. The van der Waals surface area contributed by atoms with Gasteiger partial charge in [-0.25, -0.2) is 0 Å². The highest BCUT2D eigenvalue weighted by molar-refractivity contribution is 5.76. The summed E-state index contributed by atoms with van der Waals surface area (Å²) in [6, 6.07) is 0.152. The Bertz CT molecular complexity index is 292. The number of amides is 1. The maximum absolute atomic E-state index is 12.1. The van der Waals surface area contributed by atoms with Crippen LogP contribution in [0.25, 0.3) is 0 Å². The highest BCUT2D eigenvalue weighted by Gasteiger charge is 2.32. The first kappa shape index (κ1) is 14.8. The lowest BCUT2D eigenvalue weighted by molar-refractivity contribution is -0.123. The van der Waals surface area contributed by atoms with Crippen LogP contribution in [0.2, 0.25) is 0 Å². The normalized spacial score (nSPS) is 29.6. The summed E-state index contributed by atoms with van der Waals surface area (Å²) in [7, 11) is 2.07. The molecule has 0 aromatic heterocycles. The Hall–Kier alpha value is -0.650. The van der Waals surface area contributed by atoms with Gasteiger partial charge in [-0.05, 0) is 45.8 Å². The van der Waals surface area contributed by atoms with Crippen LogP contribution in [-0.4, -0.2) is 62.8 Å². The van der Waals surface area contributed by atoms with E-state index in [2.05, 4.69) is 22.6 Å². The van der Waals surface area contributed by atoms with E-state index >= 15 is 0 Å². The standard InChI is InChI=1S/C14H27N3O2/c1-3-19-13-10-17(2)9-12(13)16-14(18)8-11-4-6-15-7-5-11/h11-13,15H,3-10H2,1-2H3,(H,16,18)/t12-,13-/m0/s1. The zero-order valence-corrected chi connectivity index (χ0v) is 12.2. The molecule has 2 N–H and O–H groups in total. The SMILES string of the molecule is CCO[C@H]1CN(C)C[C@@H]1NC(=O)CC1CCNCC1. The van der Waals surface area contributed by atoms with Gasteiger partial charge in [-0.15, -0.1) is 0 Å². The number of likely N-dealkylation sites (N-methyl/N-ethyl adjacent to an activating group) is 1. The molecule has 1 amide bonds. The van der Waals surface area contributed by atoms with Crippen LogP contribution in [0.4, 0.5) is 0 Å². The molecule has 0 spiro atoms. The Morgan fingerprint density at radius 3 is 2.79 bits per heavy atom. The first-order valence-electron chi connectivity index (χ1n) is 7.49. The maximum Gasteiger partial charge on any atom is 0.220 e. The Morgan fingerprint density at radius 2 is 2.11 bits per heavy atom. The van der Waals surface area contributed by atoms with Gasteiger partial charge in [0.15, 0.2) is 0 Å². The molecule has 2 saturated heterocycles. The predicted molar refractivity (Wildman–Crippen MR) is 75.1 cm³/mol. The van der Waals surface area contributed by atoms with Crippen molar-refractivity contribution in [2.75, 3.05) is 39.8 Å². The highest BCUT2D eigenvalue weighted by Crippen LogP contribution is 2.17. The molecule has 110 valence electrons. The number of carbonyl (C=O) groups excluding carboxylic acids is 1. The van der Waals surface area contributed by atoms with Gasteiger partial charge in [-0.1, -0.05) is 0 Å². The van der Waals surface area contributed by atoms with E-state index < -0.39 is 0 Å². The third-order valence-electron chi connectivity index (χ3n) is 4.11. The van der Waals surface area contributed by atoms with Crippen molar-refractivity contribution in [3.05, 3.63) is 0 Å². The number of carbonyl (C=O) groups is 1. The van der Waals surface area contributed by atoms with Crippen molar-refractivity contribution >= 4 is 5.91 Å². The second-order valence-corrected chi connectivity index (χ2v) is 5.79. The maximum atomic E-state index is 12.1. The zero-order valence-electron chi connectivity index (χ0n) is 12.2. The van der Waals surface area contributed by atoms with E-state index in [1.165, 1.54) is 0 Å². The van der Waals surface area contributed by atoms with Crippen LogP contribution in [-0.2, 0) is 9.53 Å². The molecule has 5 heteroatoms. The van der Waals surface area contributed by atoms with Gasteiger partial charge < -0.3 is 20.3 Å². The van der Waals surface area contributed by atoms with Crippen molar-refractivity contribution in [2.45, 2.75) is 38.3 Å². The van der Waals surface area contributed by atoms with Crippen LogP contribution < -0.4 is 10.6 Å². The van der Waals surface area contributed by atoms with Gasteiger partial charge in [-0.3, -0.25) is 4.79 Å². The van der Waals surface area contributed by atoms with Crippen molar-refractivity contribution < 1.29 is 9.53 Å². The number of rotatable bonds is 5. The molecule has 0 bridgehead atoms. The average molecular weight is 269 g/mol. The minimum atomic E-state index is 0.145. The fourth-order valence-electron chi connectivity index (χ4n) is 3.10. The third-order valence-corrected chi connectivity index (χ3v) is 4.11. The Balaban J connectivity index is 1.76. The van der Waals surface area contributed by atoms with E-state index in [4.69, 9.17) is 4.74 Å². The fraction of sp³-hybridized carbons (Fsp3) is 0.929. The van der Waals surface area contributed by atoms with Gasteiger partial charge in [0.2, 0.25) is 5.91 Å². The third kappa shape index (κ3) is 4.44. The van der Waals surface area contributed by atoms with Crippen molar-refractivity contribution in [2.24, 2.45) is 5.92 Å². The summed E-state index contributed by atoms with van der Waals surface area (Å²) >= 11 is 0. The summed E-state index contributed by atoms with van der Waals surface area (Å²) in [5.41, 5.74) is 0. The summed E-state index contributed by atoms with van der Waals surface area (Å²) in [5, 5.41) is 6.50. The highest BCUT2D eigenvalue weighted by atomic mass is 16.5. The molecule has 2 aliphatic rings. The smallest absolute Gasteiger partial charge is 0.220 e. The van der Waals surface area contributed by atoms with Crippen molar-refractivity contribution in [1.82, 2.24) is 15.5 Å². The zero-order chi connectivity index (χ0) is 13.7. The lowest BCUT2D eigenvalue weighted by atomic mass is 9.94. The van der Waals surface area contributed by atoms with Crippen LogP contribution >= 0.6 is 0 Å². The number of nitrogens with one attached hydrogen (secondary N) is 2. The van der Waals surface area contributed by atoms with Gasteiger partial charge in [0.1, 0.15) is 0 Å². The molecular weight excluding hydrogens is 242 g/mol. The summed E-state index contributed by atoms with van der Waals surface area (Å²) in [6.07, 6.45) is 3.05. The van der Waals surface area contributed by atoms with Crippen molar-refractivity contribution in [3.63, 3.8) is 0 Å². The molecular formula is C14H27N3O2. The monoisotopic (exact) mass is 269 g/mol. The van der Waals surface area contributed by atoms with E-state index in [0.29, 0.717) is 18.9 Å². The minimum Gasteiger partial charge on any atom is -0.375 e. The number of hydrogen-bond donors (Lipinski definition) is 2. The number of nitrogens with zero attached hydrogens (tertiary/aromatic N) is 1. The van der Waals surface area contributed by atoms with Crippen molar-refractivity contribution in [1.29, 1.82) is 0 Å². The van der Waals surface area contributed by atoms with Crippen LogP contribution in [0.3, 0.4) is 0 Å². The van der Waals surface area contributed by atoms with Crippen molar-refractivity contribution in [3.8, 4) is 0 Å². The molecule has 5 nitrogen and oxygen atoms in total. The van der Waals surface area contributed by atoms with Gasteiger partial charge in [-0.2, -0.15) is 0 Å². The second-order valence-electron chi connectivity index (χ2n) is 5.79. The second kappa shape index (κ2) is 7.22. The molecule has 2 atom stereocenters. The van der Waals surface area contributed by atoms with Crippen LogP contribution in [0, 0.1) is 5.92 Å². The largest absolute Gasteiger partial charge is 0.375 e. The average Bonchev–Trinajstić information content (AvgIpc) is 2.71. The van der Waals surface area contributed by atoms with Crippen LogP contribution in [0.1, 0.15) is 26.2 Å². The first-order chi connectivity index (χ1) is 9.19. The molecule has 0 saturated carbocycles. The first-order valence-corrected chi connectivity index (χ1v) is 7.49. The Morgan fingerprint density at radius 1 is 1.37 bits per heavy atom. The molecule has 2 aliphatic heterocycles. The number of ether oxygens (including phenoxy) is 1. The Labute approximate surface area is 116 Å². The van der Waals surface area contributed by atoms with E-state index in [1.807, 2.05) is 6.92 Å². The van der Waals surface area contributed by atoms with E-state index in [0.717, 1.165) is 39.0 Å². The van der Waals surface area contributed by atoms with E-state index in [1.54, 1.807) is 0 Å². The van der Waals surface area contributed by atoms with Crippen LogP contribution in [0.5, 0.6) is 0 Å². The number of piperidine rings is 1. The fourth-order valence-corrected chi connectivity index (χ4v) is 3.10. The molecule has 19 heavy (non-hydrogen) atoms. The van der Waals surface area contributed by atoms with E-state index in [-0.39, 0.29) is 18.1 Å². The van der Waals surface area contributed by atoms with Crippen LogP contribution in [0.15, 0.2) is 0 Å². The van der Waals surface area contributed by atoms with E-state index in [9.17, 15) is 4.79 Å². The van der Waals surface area contributed by atoms with Gasteiger partial charge in [0, 0.05) is 26.1 Å².